The van der Waals surface area contributed by atoms with E-state index in [2.05, 4.69) is 32.9 Å². The summed E-state index contributed by atoms with van der Waals surface area (Å²) in [5.74, 6) is 0.773. The predicted molar refractivity (Wildman–Crippen MR) is 112 cm³/mol. The molecule has 3 N–H and O–H groups in total. The van der Waals surface area contributed by atoms with E-state index in [1.807, 2.05) is 38.1 Å². The molecule has 0 unspecified atom stereocenters. The maximum atomic E-state index is 11.7. The van der Waals surface area contributed by atoms with Gasteiger partial charge in [0.25, 0.3) is 0 Å². The largest absolute Gasteiger partial charge is 0.385 e. The molecule has 0 bridgehead atoms. The Labute approximate surface area is 163 Å². The Morgan fingerprint density at radius 1 is 1.19 bits per heavy atom. The maximum Gasteiger partial charge on any atom is 0.226 e. The van der Waals surface area contributed by atoms with Crippen molar-refractivity contribution < 1.29 is 9.53 Å². The molecule has 0 aliphatic heterocycles. The van der Waals surface area contributed by atoms with Crippen molar-refractivity contribution in [2.75, 3.05) is 52.8 Å². The third-order valence-corrected chi connectivity index (χ3v) is 4.10. The van der Waals surface area contributed by atoms with Crippen LogP contribution in [0.2, 0.25) is 0 Å². The number of hydrogen-bond donors (Lipinski definition) is 3. The zero-order valence-corrected chi connectivity index (χ0v) is 17.3. The molecule has 152 valence electrons. The van der Waals surface area contributed by atoms with Crippen LogP contribution in [0.25, 0.3) is 0 Å². The lowest BCUT2D eigenvalue weighted by atomic mass is 10.1. The van der Waals surface area contributed by atoms with Crippen molar-refractivity contribution in [3.63, 3.8) is 0 Å². The van der Waals surface area contributed by atoms with Crippen molar-refractivity contribution >= 4 is 17.6 Å². The van der Waals surface area contributed by atoms with Crippen LogP contribution in [0, 0.1) is 5.92 Å². The first kappa shape index (κ1) is 22.9. The van der Waals surface area contributed by atoms with Gasteiger partial charge in [-0.05, 0) is 31.2 Å². The van der Waals surface area contributed by atoms with Crippen LogP contribution < -0.4 is 16.0 Å². The predicted octanol–water partition coefficient (Wildman–Crippen LogP) is 1.91. The Hall–Kier alpha value is -2.12. The van der Waals surface area contributed by atoms with Crippen molar-refractivity contribution in [2.45, 2.75) is 26.8 Å². The zero-order valence-electron chi connectivity index (χ0n) is 17.3. The monoisotopic (exact) mass is 377 g/mol. The smallest absolute Gasteiger partial charge is 0.226 e. The lowest BCUT2D eigenvalue weighted by Crippen LogP contribution is -2.40. The van der Waals surface area contributed by atoms with E-state index in [0.717, 1.165) is 49.9 Å². The Balaban J connectivity index is 2.32. The van der Waals surface area contributed by atoms with Crippen LogP contribution >= 0.6 is 0 Å². The van der Waals surface area contributed by atoms with Gasteiger partial charge in [0.05, 0.1) is 0 Å². The third kappa shape index (κ3) is 9.96. The molecule has 1 aromatic carbocycles. The minimum absolute atomic E-state index is 0.0256. The SMILES string of the molecule is CN=C(NCCN(C)CCCOC)NCc1ccc(NC(=O)C(C)C)cc1. The summed E-state index contributed by atoms with van der Waals surface area (Å²) >= 11 is 0. The van der Waals surface area contributed by atoms with Gasteiger partial charge in [-0.25, -0.2) is 0 Å². The Morgan fingerprint density at radius 2 is 1.89 bits per heavy atom. The van der Waals surface area contributed by atoms with Crippen molar-refractivity contribution in [2.24, 2.45) is 10.9 Å². The minimum atomic E-state index is -0.0280. The van der Waals surface area contributed by atoms with E-state index in [9.17, 15) is 4.79 Å². The number of carbonyl (C=O) groups is 1. The molecule has 0 aliphatic rings. The van der Waals surface area contributed by atoms with E-state index in [1.165, 1.54) is 0 Å². The molecule has 0 atom stereocenters. The summed E-state index contributed by atoms with van der Waals surface area (Å²) < 4.78 is 5.07. The van der Waals surface area contributed by atoms with Crippen molar-refractivity contribution in [1.82, 2.24) is 15.5 Å². The fourth-order valence-corrected chi connectivity index (χ4v) is 2.35. The second kappa shape index (κ2) is 13.1. The van der Waals surface area contributed by atoms with Crippen LogP contribution in [0.5, 0.6) is 0 Å². The van der Waals surface area contributed by atoms with E-state index in [4.69, 9.17) is 4.74 Å². The summed E-state index contributed by atoms with van der Waals surface area (Å²) in [5, 5.41) is 9.52. The summed E-state index contributed by atoms with van der Waals surface area (Å²) in [4.78, 5) is 18.2. The molecule has 0 saturated carbocycles. The number of methoxy groups -OCH3 is 1. The molecule has 1 rings (SSSR count). The molecule has 1 amide bonds. The number of amides is 1. The van der Waals surface area contributed by atoms with Gasteiger partial charge in [-0.2, -0.15) is 0 Å². The summed E-state index contributed by atoms with van der Waals surface area (Å²) in [5.41, 5.74) is 1.94. The van der Waals surface area contributed by atoms with Gasteiger partial charge < -0.3 is 25.6 Å². The quantitative estimate of drug-likeness (QED) is 0.312. The second-order valence-corrected chi connectivity index (χ2v) is 6.84. The van der Waals surface area contributed by atoms with Crippen LogP contribution in [0.4, 0.5) is 5.69 Å². The first-order valence-corrected chi connectivity index (χ1v) is 9.48. The van der Waals surface area contributed by atoms with E-state index < -0.39 is 0 Å². The molecule has 0 fully saturated rings. The van der Waals surface area contributed by atoms with E-state index >= 15 is 0 Å². The van der Waals surface area contributed by atoms with Crippen LogP contribution in [0.1, 0.15) is 25.8 Å². The highest BCUT2D eigenvalue weighted by atomic mass is 16.5. The second-order valence-electron chi connectivity index (χ2n) is 6.84. The molecule has 7 heteroatoms. The number of benzene rings is 1. The maximum absolute atomic E-state index is 11.7. The number of ether oxygens (including phenoxy) is 1. The number of likely N-dealkylation sites (N-methyl/N-ethyl adjacent to an activating group) is 1. The third-order valence-electron chi connectivity index (χ3n) is 4.10. The summed E-state index contributed by atoms with van der Waals surface area (Å²) in [6.45, 7) is 8.00. The van der Waals surface area contributed by atoms with E-state index in [0.29, 0.717) is 6.54 Å². The van der Waals surface area contributed by atoms with Gasteiger partial charge in [0.2, 0.25) is 5.91 Å². The highest BCUT2D eigenvalue weighted by molar-refractivity contribution is 5.92. The normalized spacial score (nSPS) is 11.7. The molecule has 0 saturated heterocycles. The highest BCUT2D eigenvalue weighted by Crippen LogP contribution is 2.10. The Bertz CT molecular complexity index is 572. The molecular formula is C20H35N5O2. The van der Waals surface area contributed by atoms with Gasteiger partial charge in [-0.3, -0.25) is 9.79 Å². The lowest BCUT2D eigenvalue weighted by molar-refractivity contribution is -0.118. The molecule has 27 heavy (non-hydrogen) atoms. The number of rotatable bonds is 11. The van der Waals surface area contributed by atoms with Gasteiger partial charge in [0, 0.05) is 58.5 Å². The molecule has 1 aromatic rings. The Morgan fingerprint density at radius 3 is 2.48 bits per heavy atom. The highest BCUT2D eigenvalue weighted by Gasteiger charge is 2.07. The number of aliphatic imine (C=N–C) groups is 1. The zero-order chi connectivity index (χ0) is 20.1. The van der Waals surface area contributed by atoms with Crippen LogP contribution in [0.15, 0.2) is 29.3 Å². The number of nitrogens with zero attached hydrogens (tertiary/aromatic N) is 2. The standard InChI is InChI=1S/C20H35N5O2/c1-16(2)19(26)24-18-9-7-17(8-10-18)15-23-20(21-3)22-11-13-25(4)12-6-14-27-5/h7-10,16H,6,11-15H2,1-5H3,(H,24,26)(H2,21,22,23). The van der Waals surface area contributed by atoms with Gasteiger partial charge in [0.15, 0.2) is 5.96 Å². The number of guanidine groups is 1. The fourth-order valence-electron chi connectivity index (χ4n) is 2.35. The number of nitrogens with one attached hydrogen (secondary N) is 3. The van der Waals surface area contributed by atoms with Crippen molar-refractivity contribution in [3.8, 4) is 0 Å². The molecule has 0 radical (unpaired) electrons. The summed E-state index contributed by atoms with van der Waals surface area (Å²) in [6.07, 6.45) is 1.04. The molecule has 7 nitrogen and oxygen atoms in total. The van der Waals surface area contributed by atoms with E-state index in [-0.39, 0.29) is 11.8 Å². The van der Waals surface area contributed by atoms with Crippen molar-refractivity contribution in [1.29, 1.82) is 0 Å². The minimum Gasteiger partial charge on any atom is -0.385 e. The van der Waals surface area contributed by atoms with Crippen molar-refractivity contribution in [3.05, 3.63) is 29.8 Å². The van der Waals surface area contributed by atoms with Gasteiger partial charge in [-0.15, -0.1) is 0 Å². The molecule has 0 heterocycles. The van der Waals surface area contributed by atoms with Crippen LogP contribution in [-0.2, 0) is 16.1 Å². The lowest BCUT2D eigenvalue weighted by Gasteiger charge is -2.18. The Kier molecular flexibility index (Phi) is 11.1. The summed E-state index contributed by atoms with van der Waals surface area (Å²) in [6, 6.07) is 7.84. The van der Waals surface area contributed by atoms with Gasteiger partial charge >= 0.3 is 0 Å². The molecule has 0 aromatic heterocycles. The average molecular weight is 378 g/mol. The molecular weight excluding hydrogens is 342 g/mol. The first-order chi connectivity index (χ1) is 13.0. The summed E-state index contributed by atoms with van der Waals surface area (Å²) in [7, 11) is 5.60. The van der Waals surface area contributed by atoms with Crippen LogP contribution in [0.3, 0.4) is 0 Å². The first-order valence-electron chi connectivity index (χ1n) is 9.48. The van der Waals surface area contributed by atoms with Gasteiger partial charge in [-0.1, -0.05) is 26.0 Å². The van der Waals surface area contributed by atoms with E-state index in [1.54, 1.807) is 14.2 Å². The number of hydrogen-bond acceptors (Lipinski definition) is 4. The fraction of sp³-hybridized carbons (Fsp3) is 0.600. The molecule has 0 spiro atoms. The topological polar surface area (TPSA) is 78.0 Å². The van der Waals surface area contributed by atoms with Crippen LogP contribution in [-0.4, -0.2) is 64.2 Å². The van der Waals surface area contributed by atoms with Gasteiger partial charge in [0.1, 0.15) is 0 Å². The molecule has 0 aliphatic carbocycles. The average Bonchev–Trinajstić information content (AvgIpc) is 2.65. The number of carbonyl (C=O) groups excluding carboxylic acids is 1. The number of anilines is 1.